The number of nitrogens with zero attached hydrogens (tertiary/aromatic N) is 2. The van der Waals surface area contributed by atoms with Crippen molar-refractivity contribution in [1.29, 1.82) is 0 Å². The lowest BCUT2D eigenvalue weighted by molar-refractivity contribution is -0.137. The van der Waals surface area contributed by atoms with Crippen molar-refractivity contribution < 1.29 is 42.9 Å². The number of aryl methyl sites for hydroxylation is 2. The van der Waals surface area contributed by atoms with Crippen LogP contribution in [-0.2, 0) is 9.53 Å². The summed E-state index contributed by atoms with van der Waals surface area (Å²) >= 11 is 1.45. The summed E-state index contributed by atoms with van der Waals surface area (Å²) in [6, 6.07) is 38.8. The molecule has 0 saturated carbocycles. The molecular weight excluding hydrogens is 831 g/mol. The molecule has 0 aliphatic heterocycles. The van der Waals surface area contributed by atoms with Gasteiger partial charge >= 0.3 is 23.9 Å². The second-order valence-corrected chi connectivity index (χ2v) is 15.6. The third kappa shape index (κ3) is 10.3. The highest BCUT2D eigenvalue weighted by atomic mass is 32.1. The number of esters is 4. The van der Waals surface area contributed by atoms with Crippen molar-refractivity contribution in [3.8, 4) is 23.0 Å². The molecular formula is C51H39N3O9S. The Bertz CT molecular complexity index is 3110. The van der Waals surface area contributed by atoms with Crippen molar-refractivity contribution in [3.63, 3.8) is 0 Å². The number of nitrogens with one attached hydrogen (secondary N) is 1. The molecule has 0 aliphatic carbocycles. The molecule has 0 atom stereocenters. The summed E-state index contributed by atoms with van der Waals surface area (Å²) < 4.78 is 29.2. The number of carbonyl (C=O) groups excluding carboxylic acids is 4. The number of hydrogen-bond acceptors (Lipinski definition) is 13. The van der Waals surface area contributed by atoms with Crippen molar-refractivity contribution in [2.24, 2.45) is 5.10 Å². The molecule has 1 N–H and O–H groups in total. The zero-order chi connectivity index (χ0) is 44.6. The van der Waals surface area contributed by atoms with E-state index >= 15 is 0 Å². The van der Waals surface area contributed by atoms with E-state index in [0.717, 1.165) is 49.0 Å². The maximum Gasteiger partial charge on any atom is 0.343 e. The Balaban J connectivity index is 0.914. The highest BCUT2D eigenvalue weighted by Gasteiger charge is 2.16. The SMILES string of the molecule is C=CC(=O)OCCCOc1ccc(C(=O)Oc2ccc3cc(C(=O)Oc4ccc5cc(C(=O)Oc6ccc(C)cc6C)ccc5c4)ccc3c2)cc1/C=N/Nc1nc2ccccc2s1. The third-order valence-corrected chi connectivity index (χ3v) is 10.9. The molecule has 0 fully saturated rings. The minimum atomic E-state index is -0.611. The zero-order valence-electron chi connectivity index (χ0n) is 34.7. The van der Waals surface area contributed by atoms with Crippen molar-refractivity contribution in [2.45, 2.75) is 20.3 Å². The highest BCUT2D eigenvalue weighted by Crippen LogP contribution is 2.29. The molecule has 1 heterocycles. The van der Waals surface area contributed by atoms with Crippen molar-refractivity contribution in [3.05, 3.63) is 179 Å². The number of hydrogen-bond donors (Lipinski definition) is 1. The van der Waals surface area contributed by atoms with E-state index < -0.39 is 23.9 Å². The van der Waals surface area contributed by atoms with E-state index in [1.165, 1.54) is 17.6 Å². The normalized spacial score (nSPS) is 11.1. The maximum atomic E-state index is 13.5. The second kappa shape index (κ2) is 19.3. The van der Waals surface area contributed by atoms with Gasteiger partial charge in [0.2, 0.25) is 5.13 Å². The summed E-state index contributed by atoms with van der Waals surface area (Å²) in [5.74, 6) is -0.545. The van der Waals surface area contributed by atoms with Crippen LogP contribution >= 0.6 is 11.3 Å². The summed E-state index contributed by atoms with van der Waals surface area (Å²) in [6.07, 6.45) is 3.05. The van der Waals surface area contributed by atoms with Gasteiger partial charge in [0.1, 0.15) is 23.0 Å². The van der Waals surface area contributed by atoms with E-state index in [0.29, 0.717) is 51.2 Å². The smallest absolute Gasteiger partial charge is 0.343 e. The van der Waals surface area contributed by atoms with Crippen molar-refractivity contribution >= 4 is 78.3 Å². The molecule has 318 valence electrons. The first kappa shape index (κ1) is 42.5. The fourth-order valence-corrected chi connectivity index (χ4v) is 7.51. The predicted molar refractivity (Wildman–Crippen MR) is 247 cm³/mol. The molecule has 8 rings (SSSR count). The predicted octanol–water partition coefficient (Wildman–Crippen LogP) is 10.8. The van der Waals surface area contributed by atoms with Gasteiger partial charge in [-0.15, -0.1) is 0 Å². The van der Waals surface area contributed by atoms with Gasteiger partial charge in [-0.25, -0.2) is 24.2 Å². The molecule has 7 aromatic carbocycles. The van der Waals surface area contributed by atoms with E-state index in [1.807, 2.05) is 50.2 Å². The standard InChI is InChI=1S/C51H39N3O9S/c1-4-47(55)60-23-7-22-59-45-21-17-39(27-40(45)30-52-54-51-53-43-8-5-6-9-46(43)64-51)49(57)62-42-18-15-33-25-37(13-11-35(33)28-42)48(56)61-41-19-16-34-26-38(14-12-36(34)29-41)50(58)63-44-20-10-31(2)24-32(44)3/h4-6,8-21,24-30H,1,7,22-23H2,2-3H3,(H,53,54)/b52-30+. The van der Waals surface area contributed by atoms with Gasteiger partial charge in [-0.2, -0.15) is 5.10 Å². The van der Waals surface area contributed by atoms with Crippen molar-refractivity contribution in [1.82, 2.24) is 4.98 Å². The van der Waals surface area contributed by atoms with Crippen LogP contribution in [0.3, 0.4) is 0 Å². The number of ether oxygens (including phenoxy) is 5. The number of benzene rings is 7. The van der Waals surface area contributed by atoms with Gasteiger partial charge in [0.05, 0.1) is 46.3 Å². The number of aromatic nitrogens is 1. The van der Waals surface area contributed by atoms with Crippen LogP contribution in [0.5, 0.6) is 23.0 Å². The van der Waals surface area contributed by atoms with Crippen LogP contribution in [0.2, 0.25) is 0 Å². The van der Waals surface area contributed by atoms with Gasteiger partial charge in [-0.3, -0.25) is 5.43 Å². The molecule has 0 spiro atoms. The van der Waals surface area contributed by atoms with Gasteiger partial charge in [0.15, 0.2) is 0 Å². The first-order valence-corrected chi connectivity index (χ1v) is 20.9. The Morgan fingerprint density at radius 1 is 0.656 bits per heavy atom. The fraction of sp³-hybridized carbons (Fsp3) is 0.0980. The zero-order valence-corrected chi connectivity index (χ0v) is 35.5. The quantitative estimate of drug-likeness (QED) is 0.0262. The number of fused-ring (bicyclic) bond motifs is 3. The van der Waals surface area contributed by atoms with Crippen LogP contribution in [0.25, 0.3) is 31.8 Å². The van der Waals surface area contributed by atoms with Crippen molar-refractivity contribution in [2.75, 3.05) is 18.6 Å². The Labute approximate surface area is 371 Å². The lowest BCUT2D eigenvalue weighted by Crippen LogP contribution is -2.11. The number of para-hydroxylation sites is 1. The lowest BCUT2D eigenvalue weighted by Gasteiger charge is -2.11. The first-order valence-electron chi connectivity index (χ1n) is 20.1. The Morgan fingerprint density at radius 2 is 1.25 bits per heavy atom. The van der Waals surface area contributed by atoms with Crippen LogP contribution in [-0.4, -0.2) is 48.3 Å². The number of anilines is 1. The van der Waals surface area contributed by atoms with Crippen LogP contribution in [0, 0.1) is 13.8 Å². The molecule has 0 radical (unpaired) electrons. The van der Waals surface area contributed by atoms with E-state index in [4.69, 9.17) is 23.7 Å². The van der Waals surface area contributed by atoms with E-state index in [1.54, 1.807) is 97.1 Å². The van der Waals surface area contributed by atoms with Gasteiger partial charge in [-0.1, -0.05) is 72.0 Å². The van der Waals surface area contributed by atoms with Gasteiger partial charge in [-0.05, 0) is 126 Å². The minimum absolute atomic E-state index is 0.153. The molecule has 0 unspecified atom stereocenters. The second-order valence-electron chi connectivity index (χ2n) is 14.6. The Morgan fingerprint density at radius 3 is 1.91 bits per heavy atom. The average molecular weight is 870 g/mol. The minimum Gasteiger partial charge on any atom is -0.493 e. The summed E-state index contributed by atoms with van der Waals surface area (Å²) in [6.45, 7) is 7.65. The molecule has 0 saturated heterocycles. The van der Waals surface area contributed by atoms with Crippen LogP contribution in [0.4, 0.5) is 5.13 Å². The summed E-state index contributed by atoms with van der Waals surface area (Å²) in [4.78, 5) is 55.6. The lowest BCUT2D eigenvalue weighted by atomic mass is 10.1. The third-order valence-electron chi connectivity index (χ3n) is 9.91. The van der Waals surface area contributed by atoms with Gasteiger partial charge < -0.3 is 23.7 Å². The Kier molecular flexibility index (Phi) is 12.8. The number of carbonyl (C=O) groups is 4. The topological polar surface area (TPSA) is 152 Å². The van der Waals surface area contributed by atoms with E-state index in [9.17, 15) is 19.2 Å². The average Bonchev–Trinajstić information content (AvgIpc) is 3.72. The van der Waals surface area contributed by atoms with Gasteiger partial charge in [0, 0.05) is 18.1 Å². The highest BCUT2D eigenvalue weighted by molar-refractivity contribution is 7.22. The van der Waals surface area contributed by atoms with Crippen LogP contribution in [0.15, 0.2) is 151 Å². The number of rotatable bonds is 15. The Hall–Kier alpha value is -8.16. The molecule has 12 nitrogen and oxygen atoms in total. The summed E-state index contributed by atoms with van der Waals surface area (Å²) in [5.41, 5.74) is 7.21. The summed E-state index contributed by atoms with van der Waals surface area (Å²) in [5, 5.41) is 7.97. The fourth-order valence-electron chi connectivity index (χ4n) is 6.69. The molecule has 0 amide bonds. The van der Waals surface area contributed by atoms with E-state index in [2.05, 4.69) is 22.1 Å². The molecule has 0 bridgehead atoms. The largest absolute Gasteiger partial charge is 0.493 e. The van der Waals surface area contributed by atoms with Gasteiger partial charge in [0.25, 0.3) is 0 Å². The monoisotopic (exact) mass is 869 g/mol. The van der Waals surface area contributed by atoms with Crippen LogP contribution < -0.4 is 24.4 Å². The van der Waals surface area contributed by atoms with Crippen LogP contribution in [0.1, 0.15) is 54.2 Å². The molecule has 8 aromatic rings. The molecule has 13 heteroatoms. The number of thiazole rings is 1. The maximum absolute atomic E-state index is 13.5. The van der Waals surface area contributed by atoms with E-state index in [-0.39, 0.29) is 18.8 Å². The molecule has 1 aromatic heterocycles. The molecule has 0 aliphatic rings. The summed E-state index contributed by atoms with van der Waals surface area (Å²) in [7, 11) is 0. The first-order chi connectivity index (χ1) is 31.1. The molecule has 64 heavy (non-hydrogen) atoms. The number of hydrazone groups is 1.